The van der Waals surface area contributed by atoms with Gasteiger partial charge >= 0.3 is 0 Å². The molecule has 0 amide bonds. The van der Waals surface area contributed by atoms with Gasteiger partial charge in [-0.2, -0.15) is 4.58 Å². The van der Waals surface area contributed by atoms with Gasteiger partial charge in [-0.3, -0.25) is 4.79 Å². The van der Waals surface area contributed by atoms with E-state index < -0.39 is 0 Å². The fourth-order valence-electron chi connectivity index (χ4n) is 2.64. The molecule has 1 aliphatic heterocycles. The first-order chi connectivity index (χ1) is 8.15. The summed E-state index contributed by atoms with van der Waals surface area (Å²) in [5, 5.41) is 2.48. The second-order valence-electron chi connectivity index (χ2n) is 4.98. The summed E-state index contributed by atoms with van der Waals surface area (Å²) in [6, 6.07) is 4.41. The van der Waals surface area contributed by atoms with E-state index in [1.54, 1.807) is 0 Å². The summed E-state index contributed by atoms with van der Waals surface area (Å²) < 4.78 is 2.11. The molecule has 0 N–H and O–H groups in total. The molecule has 2 nitrogen and oxygen atoms in total. The maximum absolute atomic E-state index is 11.6. The summed E-state index contributed by atoms with van der Waals surface area (Å²) in [6.45, 7) is 5.97. The van der Waals surface area contributed by atoms with Crippen molar-refractivity contribution in [3.8, 4) is 0 Å². The van der Waals surface area contributed by atoms with Gasteiger partial charge in [0.15, 0.2) is 11.9 Å². The maximum Gasteiger partial charge on any atom is 0.224 e. The third kappa shape index (κ3) is 1.64. The van der Waals surface area contributed by atoms with Crippen molar-refractivity contribution in [1.29, 1.82) is 0 Å². The molecule has 1 aromatic carbocycles. The number of Topliss-reactive ketones (excluding diaryl/α,β-unsaturated/α-hetero) is 1. The van der Waals surface area contributed by atoms with Crippen LogP contribution in [0.5, 0.6) is 0 Å². The van der Waals surface area contributed by atoms with Crippen LogP contribution < -0.4 is 15.2 Å². The Bertz CT molecular complexity index is 652. The van der Waals surface area contributed by atoms with Gasteiger partial charge in [0.05, 0.1) is 0 Å². The predicted octanol–water partition coefficient (Wildman–Crippen LogP) is 0.911. The largest absolute Gasteiger partial charge is 0.299 e. The molecule has 0 saturated carbocycles. The molecule has 1 aromatic rings. The van der Waals surface area contributed by atoms with Gasteiger partial charge in [0.1, 0.15) is 11.0 Å². The van der Waals surface area contributed by atoms with E-state index >= 15 is 0 Å². The first-order valence-electron chi connectivity index (χ1n) is 6.12. The van der Waals surface area contributed by atoms with Crippen LogP contribution in [-0.4, -0.2) is 5.78 Å². The topological polar surface area (TPSA) is 20.1 Å². The van der Waals surface area contributed by atoms with E-state index in [0.717, 1.165) is 25.0 Å². The van der Waals surface area contributed by atoms with E-state index in [9.17, 15) is 4.79 Å². The number of fused-ring (bicyclic) bond motifs is 2. The van der Waals surface area contributed by atoms with E-state index in [1.807, 2.05) is 6.92 Å². The van der Waals surface area contributed by atoms with E-state index in [1.165, 1.54) is 21.7 Å². The van der Waals surface area contributed by atoms with Gasteiger partial charge in [-0.1, -0.05) is 0 Å². The molecule has 1 aliphatic carbocycles. The lowest BCUT2D eigenvalue weighted by molar-refractivity contribution is -0.118. The quantitative estimate of drug-likeness (QED) is 0.515. The molecule has 2 heteroatoms. The highest BCUT2D eigenvalue weighted by atomic mass is 16.1. The number of hydrogen-bond acceptors (Lipinski definition) is 1. The van der Waals surface area contributed by atoms with Gasteiger partial charge in [0, 0.05) is 25.8 Å². The van der Waals surface area contributed by atoms with Crippen molar-refractivity contribution in [2.75, 3.05) is 0 Å². The molecule has 86 valence electrons. The Morgan fingerprint density at radius 1 is 1.29 bits per heavy atom. The van der Waals surface area contributed by atoms with Crippen LogP contribution in [0.2, 0.25) is 0 Å². The fourth-order valence-corrected chi connectivity index (χ4v) is 2.64. The number of benzene rings is 1. The van der Waals surface area contributed by atoms with Crippen molar-refractivity contribution in [2.45, 2.75) is 32.6 Å². The monoisotopic (exact) mass is 226 g/mol. The second kappa shape index (κ2) is 3.66. The Morgan fingerprint density at radius 3 is 2.88 bits per heavy atom. The van der Waals surface area contributed by atoms with Crippen molar-refractivity contribution in [3.05, 3.63) is 46.1 Å². The zero-order valence-corrected chi connectivity index (χ0v) is 10.1. The van der Waals surface area contributed by atoms with Gasteiger partial charge in [-0.05, 0) is 36.6 Å². The third-order valence-electron chi connectivity index (χ3n) is 3.58. The summed E-state index contributed by atoms with van der Waals surface area (Å²) in [6.07, 6.45) is 5.45. The van der Waals surface area contributed by atoms with Crippen molar-refractivity contribution < 1.29 is 4.79 Å². The average molecular weight is 226 g/mol. The summed E-state index contributed by atoms with van der Waals surface area (Å²) in [4.78, 5) is 11.6. The van der Waals surface area contributed by atoms with Crippen LogP contribution in [0.3, 0.4) is 0 Å². The predicted molar refractivity (Wildman–Crippen MR) is 67.9 cm³/mol. The number of aryl methyl sites for hydroxylation is 1. The third-order valence-corrected chi connectivity index (χ3v) is 3.58. The molecule has 0 radical (unpaired) electrons. The van der Waals surface area contributed by atoms with Crippen LogP contribution in [0.4, 0.5) is 0 Å². The molecule has 0 saturated heterocycles. The highest BCUT2D eigenvalue weighted by molar-refractivity contribution is 5.81. The molecule has 1 heterocycles. The lowest BCUT2D eigenvalue weighted by Gasteiger charge is -2.08. The van der Waals surface area contributed by atoms with Crippen molar-refractivity contribution in [1.82, 2.24) is 4.58 Å². The molecule has 2 aliphatic rings. The van der Waals surface area contributed by atoms with Crippen molar-refractivity contribution >= 4 is 12.0 Å². The minimum absolute atomic E-state index is 0.375. The zero-order valence-electron chi connectivity index (χ0n) is 10.1. The van der Waals surface area contributed by atoms with Crippen molar-refractivity contribution in [3.63, 3.8) is 0 Å². The average Bonchev–Trinajstić information content (AvgIpc) is 2.41. The van der Waals surface area contributed by atoms with Crippen LogP contribution in [0, 0.1) is 0 Å². The molecular weight excluding hydrogens is 210 g/mol. The van der Waals surface area contributed by atoms with Crippen LogP contribution in [0.25, 0.3) is 6.20 Å². The van der Waals surface area contributed by atoms with Crippen LogP contribution in [-0.2, 0) is 17.6 Å². The highest BCUT2D eigenvalue weighted by Gasteiger charge is 2.21. The lowest BCUT2D eigenvalue weighted by atomic mass is 10.00. The van der Waals surface area contributed by atoms with Crippen LogP contribution in [0.15, 0.2) is 24.4 Å². The molecule has 0 unspecified atom stereocenters. The normalized spacial score (nSPS) is 17.5. The minimum atomic E-state index is 0.375. The van der Waals surface area contributed by atoms with E-state index in [4.69, 9.17) is 0 Å². The number of rotatable bonds is 1. The summed E-state index contributed by atoms with van der Waals surface area (Å²) in [5.74, 6) is 0.375. The smallest absolute Gasteiger partial charge is 0.224 e. The Morgan fingerprint density at radius 2 is 2.12 bits per heavy atom. The number of allylic oxidation sites excluding steroid dienone is 1. The van der Waals surface area contributed by atoms with E-state index in [-0.39, 0.29) is 0 Å². The van der Waals surface area contributed by atoms with Crippen LogP contribution in [0.1, 0.15) is 30.9 Å². The Labute approximate surface area is 101 Å². The van der Waals surface area contributed by atoms with Gasteiger partial charge in [-0.25, -0.2) is 0 Å². The maximum atomic E-state index is 11.6. The SMILES string of the molecule is C=C(C)[N+]1=c2cc3c(cc2=C1)CC(=O)CCC3. The molecule has 0 atom stereocenters. The molecule has 0 bridgehead atoms. The van der Waals surface area contributed by atoms with Gasteiger partial charge in [0.2, 0.25) is 5.36 Å². The molecule has 0 spiro atoms. The number of carbonyl (C=O) groups excluding carboxylic acids is 1. The van der Waals surface area contributed by atoms with Crippen LogP contribution >= 0.6 is 0 Å². The molecule has 3 rings (SSSR count). The van der Waals surface area contributed by atoms with Gasteiger partial charge in [0.25, 0.3) is 0 Å². The van der Waals surface area contributed by atoms with E-state index in [2.05, 4.69) is 29.5 Å². The zero-order chi connectivity index (χ0) is 12.0. The summed E-state index contributed by atoms with van der Waals surface area (Å²) in [7, 11) is 0. The molecule has 0 fully saturated rings. The second-order valence-corrected chi connectivity index (χ2v) is 4.98. The number of hydrogen-bond donors (Lipinski definition) is 0. The first-order valence-corrected chi connectivity index (χ1v) is 6.12. The first kappa shape index (κ1) is 10.5. The lowest BCUT2D eigenvalue weighted by Crippen LogP contribution is -2.46. The Hall–Kier alpha value is -1.70. The Kier molecular flexibility index (Phi) is 2.25. The number of ketones is 1. The standard InChI is InChI=1S/C15H16NO/c1-10(2)16-9-13-6-12-7-14(17)5-3-4-11(12)8-15(13)16/h6,8-9H,1,3-5,7H2,2H3/q+1. The summed E-state index contributed by atoms with van der Waals surface area (Å²) >= 11 is 0. The minimum Gasteiger partial charge on any atom is -0.299 e. The number of nitrogens with zero attached hydrogens (tertiary/aromatic N) is 1. The van der Waals surface area contributed by atoms with Gasteiger partial charge in [-0.15, -0.1) is 0 Å². The van der Waals surface area contributed by atoms with Crippen molar-refractivity contribution in [2.24, 2.45) is 0 Å². The molecule has 17 heavy (non-hydrogen) atoms. The number of carbonyl (C=O) groups is 1. The van der Waals surface area contributed by atoms with Gasteiger partial charge < -0.3 is 0 Å². The Balaban J connectivity index is 2.16. The highest BCUT2D eigenvalue weighted by Crippen LogP contribution is 2.16. The fraction of sp³-hybridized carbons (Fsp3) is 0.333. The molecular formula is C15H16NO+. The van der Waals surface area contributed by atoms with E-state index in [0.29, 0.717) is 12.2 Å². The summed E-state index contributed by atoms with van der Waals surface area (Å²) in [5.41, 5.74) is 3.61. The molecule has 0 aromatic heterocycles.